The minimum atomic E-state index is -4.49. The Labute approximate surface area is 76.3 Å². The van der Waals surface area contributed by atoms with E-state index in [1.165, 1.54) is 6.08 Å². The Kier molecular flexibility index (Phi) is 5.39. The number of rotatable bonds is 5. The van der Waals surface area contributed by atoms with Gasteiger partial charge < -0.3 is 20.6 Å². The molecule has 0 saturated carbocycles. The van der Waals surface area contributed by atoms with Crippen LogP contribution < -0.4 is 5.73 Å². The molecule has 0 rings (SSSR count). The largest absolute Gasteiger partial charge is 0.469 e. The summed E-state index contributed by atoms with van der Waals surface area (Å²) in [6, 6.07) is -0.844. The summed E-state index contributed by atoms with van der Waals surface area (Å²) >= 11 is 0. The third kappa shape index (κ3) is 6.89. The molecule has 0 spiro atoms. The summed E-state index contributed by atoms with van der Waals surface area (Å²) < 4.78 is 14.3. The van der Waals surface area contributed by atoms with E-state index in [9.17, 15) is 4.57 Å². The standard InChI is InChI=1S/C6H14NO5P/c1-2-3-6(8)5(7)4-12-13(9,10)11/h2-3,5-6,8H,4,7H2,1H3,(H2,9,10,11)/b3-2+/t5-,6+/m0/s1. The molecule has 0 heterocycles. The lowest BCUT2D eigenvalue weighted by Crippen LogP contribution is -2.37. The van der Waals surface area contributed by atoms with Gasteiger partial charge in [0.05, 0.1) is 18.8 Å². The SMILES string of the molecule is C/C=C/[C@@H](O)[C@@H](N)COP(=O)(O)O. The summed E-state index contributed by atoms with van der Waals surface area (Å²) in [7, 11) is -4.49. The summed E-state index contributed by atoms with van der Waals surface area (Å²) in [5.74, 6) is 0. The topological polar surface area (TPSA) is 113 Å². The van der Waals surface area contributed by atoms with Gasteiger partial charge in [-0.2, -0.15) is 0 Å². The lowest BCUT2D eigenvalue weighted by molar-refractivity contribution is 0.129. The highest BCUT2D eigenvalue weighted by atomic mass is 31.2. The molecule has 7 heteroatoms. The van der Waals surface area contributed by atoms with Crippen molar-refractivity contribution < 1.29 is 24.0 Å². The first-order chi connectivity index (χ1) is 5.87. The predicted molar refractivity (Wildman–Crippen MR) is 46.8 cm³/mol. The molecular formula is C6H14NO5P. The lowest BCUT2D eigenvalue weighted by Gasteiger charge is -2.15. The van der Waals surface area contributed by atoms with Gasteiger partial charge in [-0.3, -0.25) is 4.52 Å². The number of aliphatic hydroxyl groups excluding tert-OH is 1. The number of nitrogens with two attached hydrogens (primary N) is 1. The second kappa shape index (κ2) is 5.49. The molecule has 0 aliphatic rings. The van der Waals surface area contributed by atoms with E-state index in [0.29, 0.717) is 0 Å². The Morgan fingerprint density at radius 2 is 2.15 bits per heavy atom. The number of hydrogen-bond acceptors (Lipinski definition) is 4. The minimum absolute atomic E-state index is 0.393. The number of aliphatic hydroxyl groups is 1. The van der Waals surface area contributed by atoms with Gasteiger partial charge in [0.2, 0.25) is 0 Å². The zero-order valence-electron chi connectivity index (χ0n) is 7.20. The Bertz CT molecular complexity index is 213. The maximum absolute atomic E-state index is 10.2. The summed E-state index contributed by atoms with van der Waals surface area (Å²) in [6.45, 7) is 1.30. The fourth-order valence-electron chi connectivity index (χ4n) is 0.622. The van der Waals surface area contributed by atoms with Crippen LogP contribution in [-0.4, -0.2) is 33.6 Å². The van der Waals surface area contributed by atoms with Crippen LogP contribution in [0.2, 0.25) is 0 Å². The van der Waals surface area contributed by atoms with E-state index in [1.54, 1.807) is 13.0 Å². The van der Waals surface area contributed by atoms with Gasteiger partial charge in [-0.1, -0.05) is 12.2 Å². The normalized spacial score (nSPS) is 17.6. The Hall–Kier alpha value is -0.230. The van der Waals surface area contributed by atoms with Crippen LogP contribution >= 0.6 is 7.82 Å². The van der Waals surface area contributed by atoms with E-state index in [1.807, 2.05) is 0 Å². The first kappa shape index (κ1) is 12.8. The van der Waals surface area contributed by atoms with Gasteiger partial charge in [0.25, 0.3) is 0 Å². The average molecular weight is 211 g/mol. The maximum atomic E-state index is 10.2. The van der Waals surface area contributed by atoms with Crippen molar-refractivity contribution >= 4 is 7.82 Å². The zero-order valence-corrected chi connectivity index (χ0v) is 8.09. The number of phosphoric ester groups is 1. The van der Waals surface area contributed by atoms with E-state index < -0.39 is 26.6 Å². The van der Waals surface area contributed by atoms with E-state index in [0.717, 1.165) is 0 Å². The highest BCUT2D eigenvalue weighted by molar-refractivity contribution is 7.46. The van der Waals surface area contributed by atoms with Crippen molar-refractivity contribution in [1.29, 1.82) is 0 Å². The van der Waals surface area contributed by atoms with Crippen LogP contribution in [0.25, 0.3) is 0 Å². The highest BCUT2D eigenvalue weighted by Crippen LogP contribution is 2.35. The van der Waals surface area contributed by atoms with Crippen LogP contribution in [0.1, 0.15) is 6.92 Å². The van der Waals surface area contributed by atoms with Crippen molar-refractivity contribution in [1.82, 2.24) is 0 Å². The van der Waals surface area contributed by atoms with E-state index >= 15 is 0 Å². The predicted octanol–water partition coefficient (Wildman–Crippen LogP) is -0.640. The molecule has 0 unspecified atom stereocenters. The molecule has 0 fully saturated rings. The van der Waals surface area contributed by atoms with Crippen LogP contribution in [0.3, 0.4) is 0 Å². The fourth-order valence-corrected chi connectivity index (χ4v) is 0.988. The van der Waals surface area contributed by atoms with Crippen LogP contribution in [0.5, 0.6) is 0 Å². The molecule has 0 radical (unpaired) electrons. The van der Waals surface area contributed by atoms with Crippen molar-refractivity contribution in [2.24, 2.45) is 5.73 Å². The molecule has 5 N–H and O–H groups in total. The van der Waals surface area contributed by atoms with Crippen molar-refractivity contribution in [3.8, 4) is 0 Å². The van der Waals surface area contributed by atoms with Gasteiger partial charge in [0.15, 0.2) is 0 Å². The van der Waals surface area contributed by atoms with Crippen LogP contribution in [0.15, 0.2) is 12.2 Å². The van der Waals surface area contributed by atoms with Gasteiger partial charge in [-0.05, 0) is 6.92 Å². The monoisotopic (exact) mass is 211 g/mol. The molecule has 78 valence electrons. The molecule has 0 amide bonds. The van der Waals surface area contributed by atoms with Crippen molar-refractivity contribution in [3.63, 3.8) is 0 Å². The van der Waals surface area contributed by atoms with Crippen LogP contribution in [-0.2, 0) is 9.09 Å². The second-order valence-corrected chi connectivity index (χ2v) is 3.71. The molecule has 2 atom stereocenters. The second-order valence-electron chi connectivity index (χ2n) is 2.47. The molecule has 0 aromatic rings. The van der Waals surface area contributed by atoms with Gasteiger partial charge in [0.1, 0.15) is 0 Å². The Morgan fingerprint density at radius 1 is 1.62 bits per heavy atom. The van der Waals surface area contributed by atoms with Crippen molar-refractivity contribution in [3.05, 3.63) is 12.2 Å². The first-order valence-corrected chi connectivity index (χ1v) is 5.16. The summed E-state index contributed by atoms with van der Waals surface area (Å²) in [4.78, 5) is 16.6. The van der Waals surface area contributed by atoms with E-state index in [2.05, 4.69) is 4.52 Å². The Balaban J connectivity index is 3.87. The third-order valence-electron chi connectivity index (χ3n) is 1.26. The molecular weight excluding hydrogens is 197 g/mol. The third-order valence-corrected chi connectivity index (χ3v) is 1.75. The molecule has 13 heavy (non-hydrogen) atoms. The smallest absolute Gasteiger partial charge is 0.387 e. The molecule has 0 aromatic heterocycles. The van der Waals surface area contributed by atoms with E-state index in [4.69, 9.17) is 20.6 Å². The minimum Gasteiger partial charge on any atom is -0.387 e. The van der Waals surface area contributed by atoms with E-state index in [-0.39, 0.29) is 0 Å². The van der Waals surface area contributed by atoms with Gasteiger partial charge >= 0.3 is 7.82 Å². The summed E-state index contributed by atoms with van der Waals surface area (Å²) in [5, 5.41) is 9.17. The molecule has 0 aliphatic carbocycles. The number of hydrogen-bond donors (Lipinski definition) is 4. The molecule has 0 aliphatic heterocycles. The van der Waals surface area contributed by atoms with Crippen molar-refractivity contribution in [2.45, 2.75) is 19.1 Å². The van der Waals surface area contributed by atoms with Gasteiger partial charge in [0, 0.05) is 0 Å². The van der Waals surface area contributed by atoms with Gasteiger partial charge in [-0.25, -0.2) is 4.57 Å². The fraction of sp³-hybridized carbons (Fsp3) is 0.667. The molecule has 6 nitrogen and oxygen atoms in total. The summed E-state index contributed by atoms with van der Waals surface area (Å²) in [5.41, 5.74) is 5.34. The quantitative estimate of drug-likeness (QED) is 0.355. The molecule has 0 bridgehead atoms. The summed E-state index contributed by atoms with van der Waals surface area (Å²) in [6.07, 6.45) is 2.03. The van der Waals surface area contributed by atoms with Crippen LogP contribution in [0.4, 0.5) is 0 Å². The maximum Gasteiger partial charge on any atom is 0.469 e. The Morgan fingerprint density at radius 3 is 2.54 bits per heavy atom. The van der Waals surface area contributed by atoms with Crippen molar-refractivity contribution in [2.75, 3.05) is 6.61 Å². The molecule has 0 saturated heterocycles. The lowest BCUT2D eigenvalue weighted by atomic mass is 10.2. The number of phosphoric acid groups is 1. The zero-order chi connectivity index (χ0) is 10.5. The van der Waals surface area contributed by atoms with Gasteiger partial charge in [-0.15, -0.1) is 0 Å². The highest BCUT2D eigenvalue weighted by Gasteiger charge is 2.19. The molecule has 0 aromatic carbocycles. The van der Waals surface area contributed by atoms with Crippen LogP contribution in [0, 0.1) is 0 Å². The average Bonchev–Trinajstić information content (AvgIpc) is 1.99. The number of allylic oxidation sites excluding steroid dienone is 1. The first-order valence-electron chi connectivity index (χ1n) is 3.63.